The minimum Gasteiger partial charge on any atom is -0.352 e. The zero-order valence-corrected chi connectivity index (χ0v) is 20.2. The third kappa shape index (κ3) is 6.82. The maximum atomic E-state index is 13.4. The van der Waals surface area contributed by atoms with Crippen LogP contribution in [-0.2, 0) is 26.2 Å². The fourth-order valence-corrected chi connectivity index (χ4v) is 4.17. The van der Waals surface area contributed by atoms with Gasteiger partial charge in [0.15, 0.2) is 0 Å². The summed E-state index contributed by atoms with van der Waals surface area (Å²) in [7, 11) is -3.73. The van der Waals surface area contributed by atoms with Crippen molar-refractivity contribution >= 4 is 27.5 Å². The molecule has 2 atom stereocenters. The van der Waals surface area contributed by atoms with Crippen LogP contribution in [0.4, 0.5) is 5.69 Å². The average Bonchev–Trinajstić information content (AvgIpc) is 2.75. The van der Waals surface area contributed by atoms with E-state index in [0.29, 0.717) is 5.69 Å². The number of sulfonamides is 1. The average molecular weight is 460 g/mol. The first-order valence-corrected chi connectivity index (χ1v) is 12.6. The van der Waals surface area contributed by atoms with Crippen LogP contribution < -0.4 is 9.62 Å². The molecule has 0 aromatic heterocycles. The number of nitrogens with one attached hydrogen (secondary N) is 1. The molecule has 0 aliphatic heterocycles. The molecule has 0 bridgehead atoms. The molecular weight excluding hydrogens is 426 g/mol. The number of hydrogen-bond donors (Lipinski definition) is 1. The third-order valence-electron chi connectivity index (χ3n) is 5.43. The van der Waals surface area contributed by atoms with E-state index >= 15 is 0 Å². The van der Waals surface area contributed by atoms with Crippen molar-refractivity contribution < 1.29 is 18.0 Å². The van der Waals surface area contributed by atoms with E-state index in [-0.39, 0.29) is 18.5 Å². The van der Waals surface area contributed by atoms with Crippen LogP contribution in [0.1, 0.15) is 38.3 Å². The molecule has 0 aliphatic carbocycles. The fourth-order valence-electron chi connectivity index (χ4n) is 3.27. The number of amides is 2. The van der Waals surface area contributed by atoms with Gasteiger partial charge in [0.2, 0.25) is 21.8 Å². The van der Waals surface area contributed by atoms with Crippen LogP contribution in [-0.4, -0.2) is 50.0 Å². The number of carbonyl (C=O) groups excluding carboxylic acids is 2. The highest BCUT2D eigenvalue weighted by Gasteiger charge is 2.30. The highest BCUT2D eigenvalue weighted by atomic mass is 32.2. The second-order valence-corrected chi connectivity index (χ2v) is 9.96. The lowest BCUT2D eigenvalue weighted by molar-refractivity contribution is -0.139. The van der Waals surface area contributed by atoms with Gasteiger partial charge in [-0.25, -0.2) is 8.42 Å². The van der Waals surface area contributed by atoms with Gasteiger partial charge in [-0.3, -0.25) is 13.9 Å². The number of hydrogen-bond acceptors (Lipinski definition) is 4. The Bertz CT molecular complexity index is 1020. The molecular formula is C24H33N3O4S. The summed E-state index contributed by atoms with van der Waals surface area (Å²) >= 11 is 0. The first kappa shape index (κ1) is 25.4. The summed E-state index contributed by atoms with van der Waals surface area (Å²) < 4.78 is 26.2. The topological polar surface area (TPSA) is 86.8 Å². The van der Waals surface area contributed by atoms with Gasteiger partial charge in [-0.2, -0.15) is 0 Å². The lowest BCUT2D eigenvalue weighted by Crippen LogP contribution is -2.52. The standard InChI is InChI=1S/C24H33N3O4S/c1-6-19(3)25-24(29)20(4)26(16-21-13-8-7-9-14-21)23(28)17-27(32(5,30)31)22-15-11-10-12-18(22)2/h7-15,19-20H,6,16-17H2,1-5H3,(H,25,29)/t19-,20-/m1/s1. The van der Waals surface area contributed by atoms with Crippen molar-refractivity contribution in [3.8, 4) is 0 Å². The smallest absolute Gasteiger partial charge is 0.244 e. The van der Waals surface area contributed by atoms with E-state index in [1.54, 1.807) is 32.0 Å². The molecule has 32 heavy (non-hydrogen) atoms. The fraction of sp³-hybridized carbons (Fsp3) is 0.417. The first-order chi connectivity index (χ1) is 15.0. The molecule has 0 aliphatic rings. The predicted octanol–water partition coefficient (Wildman–Crippen LogP) is 3.09. The van der Waals surface area contributed by atoms with E-state index in [1.807, 2.05) is 50.2 Å². The molecule has 2 aromatic carbocycles. The van der Waals surface area contributed by atoms with Crippen LogP contribution in [0.15, 0.2) is 54.6 Å². The minimum atomic E-state index is -3.73. The zero-order valence-electron chi connectivity index (χ0n) is 19.4. The van der Waals surface area contributed by atoms with Crippen molar-refractivity contribution in [2.24, 2.45) is 0 Å². The summed E-state index contributed by atoms with van der Waals surface area (Å²) in [5, 5.41) is 2.91. The van der Waals surface area contributed by atoms with Gasteiger partial charge in [0, 0.05) is 12.6 Å². The molecule has 174 valence electrons. The normalized spacial score (nSPS) is 13.2. The molecule has 0 saturated heterocycles. The Morgan fingerprint density at radius 3 is 2.16 bits per heavy atom. The maximum Gasteiger partial charge on any atom is 0.244 e. The van der Waals surface area contributed by atoms with Crippen LogP contribution in [0.5, 0.6) is 0 Å². The molecule has 2 amide bonds. The van der Waals surface area contributed by atoms with E-state index in [4.69, 9.17) is 0 Å². The Balaban J connectivity index is 2.37. The van der Waals surface area contributed by atoms with Gasteiger partial charge in [0.1, 0.15) is 12.6 Å². The predicted molar refractivity (Wildman–Crippen MR) is 128 cm³/mol. The number of nitrogens with zero attached hydrogens (tertiary/aromatic N) is 2. The molecule has 0 unspecified atom stereocenters. The highest BCUT2D eigenvalue weighted by molar-refractivity contribution is 7.92. The molecule has 2 aromatic rings. The second kappa shape index (κ2) is 11.1. The van der Waals surface area contributed by atoms with Crippen molar-refractivity contribution in [2.75, 3.05) is 17.1 Å². The van der Waals surface area contributed by atoms with Crippen LogP contribution in [0.25, 0.3) is 0 Å². The third-order valence-corrected chi connectivity index (χ3v) is 6.55. The molecule has 0 radical (unpaired) electrons. The van der Waals surface area contributed by atoms with Gasteiger partial charge in [-0.1, -0.05) is 55.5 Å². The van der Waals surface area contributed by atoms with Crippen molar-refractivity contribution in [2.45, 2.75) is 52.7 Å². The minimum absolute atomic E-state index is 0.0295. The molecule has 0 saturated carbocycles. The van der Waals surface area contributed by atoms with Gasteiger partial charge in [0.25, 0.3) is 0 Å². The Labute approximate surface area is 191 Å². The summed E-state index contributed by atoms with van der Waals surface area (Å²) in [5.74, 6) is -0.722. The molecule has 0 fully saturated rings. The summed E-state index contributed by atoms with van der Waals surface area (Å²) in [5.41, 5.74) is 2.04. The number of benzene rings is 2. The van der Waals surface area contributed by atoms with Crippen molar-refractivity contribution in [3.63, 3.8) is 0 Å². The first-order valence-electron chi connectivity index (χ1n) is 10.7. The van der Waals surface area contributed by atoms with Crippen LogP contribution in [0.3, 0.4) is 0 Å². The van der Waals surface area contributed by atoms with Gasteiger partial charge in [-0.05, 0) is 44.4 Å². The van der Waals surface area contributed by atoms with Crippen LogP contribution >= 0.6 is 0 Å². The zero-order chi connectivity index (χ0) is 23.9. The van der Waals surface area contributed by atoms with E-state index in [1.165, 1.54) is 4.90 Å². The lowest BCUT2D eigenvalue weighted by atomic mass is 10.1. The SMILES string of the molecule is CC[C@@H](C)NC(=O)[C@@H](C)N(Cc1ccccc1)C(=O)CN(c1ccccc1C)S(C)(=O)=O. The van der Waals surface area contributed by atoms with E-state index in [9.17, 15) is 18.0 Å². The monoisotopic (exact) mass is 459 g/mol. The van der Waals surface area contributed by atoms with E-state index < -0.39 is 28.5 Å². The number of rotatable bonds is 10. The number of anilines is 1. The molecule has 2 rings (SSSR count). The quantitative estimate of drug-likeness (QED) is 0.592. The second-order valence-electron chi connectivity index (χ2n) is 8.06. The summed E-state index contributed by atoms with van der Waals surface area (Å²) in [6.07, 6.45) is 1.84. The molecule has 8 heteroatoms. The molecule has 0 spiro atoms. The summed E-state index contributed by atoms with van der Waals surface area (Å²) in [4.78, 5) is 27.7. The molecule has 7 nitrogen and oxygen atoms in total. The van der Waals surface area contributed by atoms with Crippen molar-refractivity contribution in [1.29, 1.82) is 0 Å². The summed E-state index contributed by atoms with van der Waals surface area (Å²) in [6, 6.07) is 15.5. The number of para-hydroxylation sites is 1. The Hall–Kier alpha value is -2.87. The summed E-state index contributed by atoms with van der Waals surface area (Å²) in [6.45, 7) is 7.13. The van der Waals surface area contributed by atoms with Crippen molar-refractivity contribution in [1.82, 2.24) is 10.2 Å². The molecule has 1 N–H and O–H groups in total. The van der Waals surface area contributed by atoms with E-state index in [0.717, 1.165) is 28.1 Å². The Kier molecular flexibility index (Phi) is 8.83. The van der Waals surface area contributed by atoms with Crippen LogP contribution in [0.2, 0.25) is 0 Å². The van der Waals surface area contributed by atoms with Gasteiger partial charge >= 0.3 is 0 Å². The Morgan fingerprint density at radius 1 is 1.00 bits per heavy atom. The number of carbonyl (C=O) groups is 2. The van der Waals surface area contributed by atoms with Crippen LogP contribution in [0, 0.1) is 6.92 Å². The van der Waals surface area contributed by atoms with Gasteiger partial charge in [-0.15, -0.1) is 0 Å². The van der Waals surface area contributed by atoms with Gasteiger partial charge in [0.05, 0.1) is 11.9 Å². The van der Waals surface area contributed by atoms with Gasteiger partial charge < -0.3 is 10.2 Å². The number of aryl methyl sites for hydroxylation is 1. The maximum absolute atomic E-state index is 13.4. The molecule has 0 heterocycles. The lowest BCUT2D eigenvalue weighted by Gasteiger charge is -2.32. The highest BCUT2D eigenvalue weighted by Crippen LogP contribution is 2.22. The largest absolute Gasteiger partial charge is 0.352 e. The van der Waals surface area contributed by atoms with Crippen molar-refractivity contribution in [3.05, 3.63) is 65.7 Å². The van der Waals surface area contributed by atoms with E-state index in [2.05, 4.69) is 5.32 Å². The Morgan fingerprint density at radius 2 is 1.59 bits per heavy atom.